The molecule has 2 saturated heterocycles. The number of benzene rings is 1. The van der Waals surface area contributed by atoms with Gasteiger partial charge in [0.15, 0.2) is 0 Å². The van der Waals surface area contributed by atoms with E-state index in [1.807, 2.05) is 0 Å². The van der Waals surface area contributed by atoms with E-state index in [2.05, 4.69) is 5.32 Å². The van der Waals surface area contributed by atoms with E-state index in [1.165, 1.54) is 4.31 Å². The van der Waals surface area contributed by atoms with Gasteiger partial charge in [0.2, 0.25) is 15.9 Å². The van der Waals surface area contributed by atoms with Crippen LogP contribution in [0.25, 0.3) is 0 Å². The first-order valence-electron chi connectivity index (χ1n) is 8.16. The minimum absolute atomic E-state index is 0.0963. The Kier molecular flexibility index (Phi) is 4.99. The predicted molar refractivity (Wildman–Crippen MR) is 87.4 cm³/mol. The molecule has 1 N–H and O–H groups in total. The average Bonchev–Trinajstić information content (AvgIpc) is 2.63. The number of hydrogen-bond acceptors (Lipinski definition) is 4. The molecule has 7 heteroatoms. The Morgan fingerprint density at radius 3 is 2.35 bits per heavy atom. The number of nitrogens with one attached hydrogen (secondary N) is 1. The van der Waals surface area contributed by atoms with E-state index in [9.17, 15) is 13.2 Å². The largest absolute Gasteiger partial charge is 0.339 e. The number of piperidine rings is 1. The number of piperazine rings is 1. The number of nitrogens with zero attached hydrogens (tertiary/aromatic N) is 2. The summed E-state index contributed by atoms with van der Waals surface area (Å²) in [4.78, 5) is 14.6. The van der Waals surface area contributed by atoms with Crippen LogP contribution in [-0.2, 0) is 14.8 Å². The molecular formula is C16H23N3O3S. The molecule has 126 valence electrons. The summed E-state index contributed by atoms with van der Waals surface area (Å²) < 4.78 is 26.6. The summed E-state index contributed by atoms with van der Waals surface area (Å²) in [6.07, 6.45) is 3.07. The van der Waals surface area contributed by atoms with Gasteiger partial charge in [-0.1, -0.05) is 24.6 Å². The first-order valence-corrected chi connectivity index (χ1v) is 9.60. The molecule has 2 aliphatic heterocycles. The van der Waals surface area contributed by atoms with Gasteiger partial charge in [-0.2, -0.15) is 4.31 Å². The fourth-order valence-electron chi connectivity index (χ4n) is 3.17. The molecule has 0 unspecified atom stereocenters. The minimum Gasteiger partial charge on any atom is -0.339 e. The van der Waals surface area contributed by atoms with Crippen molar-refractivity contribution in [3.05, 3.63) is 30.3 Å². The highest BCUT2D eigenvalue weighted by Gasteiger charge is 2.32. The Bertz CT molecular complexity index is 634. The lowest BCUT2D eigenvalue weighted by molar-refractivity contribution is -0.135. The van der Waals surface area contributed by atoms with Crippen molar-refractivity contribution in [1.29, 1.82) is 0 Å². The zero-order valence-electron chi connectivity index (χ0n) is 13.1. The number of amides is 1. The van der Waals surface area contributed by atoms with Crippen LogP contribution in [0, 0.1) is 0 Å². The van der Waals surface area contributed by atoms with Crippen LogP contribution in [0.2, 0.25) is 0 Å². The Hall–Kier alpha value is -1.44. The maximum Gasteiger partial charge on any atom is 0.243 e. The zero-order valence-corrected chi connectivity index (χ0v) is 14.0. The van der Waals surface area contributed by atoms with Crippen molar-refractivity contribution >= 4 is 15.9 Å². The van der Waals surface area contributed by atoms with E-state index in [0.29, 0.717) is 31.1 Å². The summed E-state index contributed by atoms with van der Waals surface area (Å²) in [7, 11) is -3.46. The van der Waals surface area contributed by atoms with Gasteiger partial charge in [-0.25, -0.2) is 8.42 Å². The van der Waals surface area contributed by atoms with Crippen LogP contribution in [0.15, 0.2) is 35.2 Å². The maximum absolute atomic E-state index is 12.6. The van der Waals surface area contributed by atoms with Gasteiger partial charge in [0, 0.05) is 26.2 Å². The lowest BCUT2D eigenvalue weighted by atomic mass is 10.0. The van der Waals surface area contributed by atoms with Gasteiger partial charge in [-0.3, -0.25) is 4.79 Å². The highest BCUT2D eigenvalue weighted by Crippen LogP contribution is 2.18. The van der Waals surface area contributed by atoms with Crippen LogP contribution >= 0.6 is 0 Å². The number of hydrogen-bond donors (Lipinski definition) is 1. The predicted octanol–water partition coefficient (Wildman–Crippen LogP) is 0.662. The summed E-state index contributed by atoms with van der Waals surface area (Å²) in [5.41, 5.74) is 0. The summed E-state index contributed by atoms with van der Waals surface area (Å²) in [5.74, 6) is 0.112. The summed E-state index contributed by atoms with van der Waals surface area (Å²) in [5, 5.41) is 3.26. The summed E-state index contributed by atoms with van der Waals surface area (Å²) >= 11 is 0. The van der Waals surface area contributed by atoms with E-state index >= 15 is 0 Å². The molecule has 0 bridgehead atoms. The van der Waals surface area contributed by atoms with Crippen molar-refractivity contribution < 1.29 is 13.2 Å². The molecule has 1 aromatic rings. The Balaban J connectivity index is 1.61. The van der Waals surface area contributed by atoms with Crippen molar-refractivity contribution in [2.24, 2.45) is 0 Å². The fraction of sp³-hybridized carbons (Fsp3) is 0.562. The standard InChI is InChI=1S/C16H23N3O3S/c20-16(15-8-4-5-9-17-15)18-10-12-19(13-11-18)23(21,22)14-6-2-1-3-7-14/h1-3,6-7,15,17H,4-5,8-13H2/t15-/m1/s1. The highest BCUT2D eigenvalue weighted by molar-refractivity contribution is 7.89. The van der Waals surface area contributed by atoms with Crippen LogP contribution in [0.5, 0.6) is 0 Å². The molecule has 23 heavy (non-hydrogen) atoms. The van der Waals surface area contributed by atoms with E-state index in [1.54, 1.807) is 35.2 Å². The lowest BCUT2D eigenvalue weighted by Gasteiger charge is -2.36. The van der Waals surface area contributed by atoms with E-state index < -0.39 is 10.0 Å². The molecule has 0 spiro atoms. The van der Waals surface area contributed by atoms with Crippen LogP contribution in [-0.4, -0.2) is 62.3 Å². The maximum atomic E-state index is 12.6. The normalized spacial score (nSPS) is 23.7. The molecule has 0 radical (unpaired) electrons. The van der Waals surface area contributed by atoms with Gasteiger partial charge in [0.25, 0.3) is 0 Å². The number of carbonyl (C=O) groups excluding carboxylic acids is 1. The van der Waals surface area contributed by atoms with E-state index in [-0.39, 0.29) is 11.9 Å². The smallest absolute Gasteiger partial charge is 0.243 e. The second-order valence-corrected chi connectivity index (χ2v) is 7.98. The molecule has 0 aromatic heterocycles. The molecule has 6 nitrogen and oxygen atoms in total. The lowest BCUT2D eigenvalue weighted by Crippen LogP contribution is -2.55. The molecule has 0 saturated carbocycles. The molecule has 3 rings (SSSR count). The number of carbonyl (C=O) groups is 1. The van der Waals surface area contributed by atoms with Crippen molar-refractivity contribution in [1.82, 2.24) is 14.5 Å². The molecule has 2 heterocycles. The Morgan fingerprint density at radius 2 is 1.74 bits per heavy atom. The zero-order chi connectivity index (χ0) is 16.3. The van der Waals surface area contributed by atoms with E-state index in [4.69, 9.17) is 0 Å². The molecule has 1 atom stereocenters. The van der Waals surface area contributed by atoms with Crippen molar-refractivity contribution in [2.75, 3.05) is 32.7 Å². The van der Waals surface area contributed by atoms with Crippen molar-refractivity contribution in [2.45, 2.75) is 30.2 Å². The van der Waals surface area contributed by atoms with Gasteiger partial charge >= 0.3 is 0 Å². The minimum atomic E-state index is -3.46. The molecule has 1 amide bonds. The Labute approximate surface area is 137 Å². The summed E-state index contributed by atoms with van der Waals surface area (Å²) in [6, 6.07) is 8.37. The molecule has 1 aromatic carbocycles. The van der Waals surface area contributed by atoms with Gasteiger partial charge in [-0.05, 0) is 31.5 Å². The van der Waals surface area contributed by atoms with Gasteiger partial charge in [0.1, 0.15) is 0 Å². The topological polar surface area (TPSA) is 69.7 Å². The SMILES string of the molecule is O=C([C@H]1CCCCN1)N1CCN(S(=O)(=O)c2ccccc2)CC1. The average molecular weight is 337 g/mol. The number of sulfonamides is 1. The third-order valence-electron chi connectivity index (χ3n) is 4.54. The fourth-order valence-corrected chi connectivity index (χ4v) is 4.62. The summed E-state index contributed by atoms with van der Waals surface area (Å²) in [6.45, 7) is 2.52. The second kappa shape index (κ2) is 6.98. The van der Waals surface area contributed by atoms with Crippen LogP contribution < -0.4 is 5.32 Å². The Morgan fingerprint density at radius 1 is 1.04 bits per heavy atom. The van der Waals surface area contributed by atoms with Gasteiger partial charge in [-0.15, -0.1) is 0 Å². The van der Waals surface area contributed by atoms with Crippen LogP contribution in [0.4, 0.5) is 0 Å². The first kappa shape index (κ1) is 16.4. The monoisotopic (exact) mass is 337 g/mol. The highest BCUT2D eigenvalue weighted by atomic mass is 32.2. The molecular weight excluding hydrogens is 314 g/mol. The third kappa shape index (κ3) is 3.57. The van der Waals surface area contributed by atoms with Crippen molar-refractivity contribution in [3.63, 3.8) is 0 Å². The quantitative estimate of drug-likeness (QED) is 0.880. The van der Waals surface area contributed by atoms with Crippen LogP contribution in [0.3, 0.4) is 0 Å². The third-order valence-corrected chi connectivity index (χ3v) is 6.45. The van der Waals surface area contributed by atoms with Crippen molar-refractivity contribution in [3.8, 4) is 0 Å². The molecule has 0 aliphatic carbocycles. The first-order chi connectivity index (χ1) is 11.1. The van der Waals surface area contributed by atoms with Gasteiger partial charge < -0.3 is 10.2 Å². The second-order valence-electron chi connectivity index (χ2n) is 6.04. The van der Waals surface area contributed by atoms with E-state index in [0.717, 1.165) is 25.8 Å². The van der Waals surface area contributed by atoms with Gasteiger partial charge in [0.05, 0.1) is 10.9 Å². The van der Waals surface area contributed by atoms with Crippen LogP contribution in [0.1, 0.15) is 19.3 Å². The molecule has 2 fully saturated rings. The number of rotatable bonds is 3. The molecule has 2 aliphatic rings.